The van der Waals surface area contributed by atoms with E-state index in [-0.39, 0.29) is 21.9 Å². The van der Waals surface area contributed by atoms with Gasteiger partial charge in [0.05, 0.1) is 26.9 Å². The third-order valence-electron chi connectivity index (χ3n) is 4.82. The third-order valence-corrected chi connectivity index (χ3v) is 5.89. The average Bonchev–Trinajstić information content (AvgIpc) is 3.33. The molecule has 4 aromatic rings. The van der Waals surface area contributed by atoms with Gasteiger partial charge < -0.3 is 9.84 Å². The van der Waals surface area contributed by atoms with Crippen molar-refractivity contribution in [3.05, 3.63) is 83.4 Å². The van der Waals surface area contributed by atoms with Crippen LogP contribution in [-0.2, 0) is 17.1 Å². The Hall–Kier alpha value is -3.60. The number of carboxylic acid groups (broad SMARTS) is 1. The van der Waals surface area contributed by atoms with E-state index in [1.54, 1.807) is 24.3 Å². The van der Waals surface area contributed by atoms with Gasteiger partial charge in [0.15, 0.2) is 0 Å². The summed E-state index contributed by atoms with van der Waals surface area (Å²) in [6.07, 6.45) is -11.3. The van der Waals surface area contributed by atoms with Gasteiger partial charge in [-0.3, -0.25) is 0 Å². The first kappa shape index (κ1) is 30.6. The summed E-state index contributed by atoms with van der Waals surface area (Å²) in [5.41, 5.74) is -2.04. The van der Waals surface area contributed by atoms with Gasteiger partial charge in [0.25, 0.3) is 0 Å². The number of ether oxygens (including phenoxy) is 1. The molecule has 0 fully saturated rings. The van der Waals surface area contributed by atoms with E-state index >= 15 is 0 Å². The summed E-state index contributed by atoms with van der Waals surface area (Å²) >= 11 is 1.07. The molecule has 3 aromatic carbocycles. The maximum Gasteiger partial charge on any atom is 0.416 e. The molecular weight excluding hydrogens is 532 g/mol. The van der Waals surface area contributed by atoms with Crippen molar-refractivity contribution in [1.82, 2.24) is 4.98 Å². The van der Waals surface area contributed by atoms with Gasteiger partial charge in [-0.15, -0.1) is 11.3 Å². The van der Waals surface area contributed by atoms with Crippen LogP contribution in [0.15, 0.2) is 66.7 Å². The molecule has 0 saturated heterocycles. The number of rotatable bonds is 5. The minimum atomic E-state index is -4.72. The van der Waals surface area contributed by atoms with E-state index in [1.807, 2.05) is 27.7 Å². The van der Waals surface area contributed by atoms with Crippen molar-refractivity contribution < 1.29 is 41.0 Å². The van der Waals surface area contributed by atoms with Gasteiger partial charge in [-0.25, -0.2) is 9.78 Å². The van der Waals surface area contributed by atoms with Gasteiger partial charge in [0.1, 0.15) is 10.8 Å². The van der Waals surface area contributed by atoms with E-state index in [0.717, 1.165) is 41.7 Å². The molecule has 0 amide bonds. The zero-order valence-corrected chi connectivity index (χ0v) is 21.6. The molecule has 0 bridgehead atoms. The van der Waals surface area contributed by atoms with Gasteiger partial charge in [-0.05, 0) is 42.5 Å². The number of aromatic nitrogens is 1. The summed E-state index contributed by atoms with van der Waals surface area (Å²) in [4.78, 5) is 16.2. The molecule has 4 nitrogen and oxygen atoms in total. The lowest BCUT2D eigenvalue weighted by Gasteiger charge is -2.19. The van der Waals surface area contributed by atoms with Gasteiger partial charge in [-0.2, -0.15) is 26.3 Å². The van der Waals surface area contributed by atoms with Gasteiger partial charge >= 0.3 is 18.3 Å². The normalized spacial score (nSPS) is 12.1. The molecule has 0 radical (unpaired) electrons. The molecule has 1 unspecified atom stereocenters. The fourth-order valence-corrected chi connectivity index (χ4v) is 4.22. The lowest BCUT2D eigenvalue weighted by Crippen LogP contribution is -2.19. The van der Waals surface area contributed by atoms with Crippen LogP contribution in [0.5, 0.6) is 5.75 Å². The van der Waals surface area contributed by atoms with Crippen LogP contribution in [0.1, 0.15) is 50.5 Å². The number of fused-ring (bicyclic) bond motifs is 1. The summed E-state index contributed by atoms with van der Waals surface area (Å²) in [6.45, 7) is 8.00. The summed E-state index contributed by atoms with van der Waals surface area (Å²) < 4.78 is 85.6. The van der Waals surface area contributed by atoms with Crippen molar-refractivity contribution in [2.75, 3.05) is 0 Å². The number of para-hydroxylation sites is 1. The molecule has 1 heterocycles. The number of thiazole rings is 1. The van der Waals surface area contributed by atoms with Crippen LogP contribution in [0.25, 0.3) is 20.8 Å². The number of alkyl halides is 6. The fraction of sp³-hybridized carbons (Fsp3) is 0.259. The second-order valence-corrected chi connectivity index (χ2v) is 8.19. The van der Waals surface area contributed by atoms with Gasteiger partial charge in [0.2, 0.25) is 6.10 Å². The first-order valence-electron chi connectivity index (χ1n) is 11.6. The second-order valence-electron chi connectivity index (χ2n) is 7.15. The van der Waals surface area contributed by atoms with Crippen molar-refractivity contribution >= 4 is 27.5 Å². The third kappa shape index (κ3) is 7.25. The number of halogens is 6. The standard InChI is InChI=1S/C23H13F6NO3S.2C2H6/c24-22(25,26)13-5-3-4-12(10-13)19(21(31)32)33-17-9-8-14(23(27,28)29)11-15(17)20-30-16-6-1-2-7-18(16)34-20;2*1-2/h1-11,19H,(H,31,32);2*1-2H3. The lowest BCUT2D eigenvalue weighted by molar-refractivity contribution is -0.146. The predicted octanol–water partition coefficient (Wildman–Crippen LogP) is 9.26. The number of benzene rings is 3. The number of hydrogen-bond donors (Lipinski definition) is 1. The molecular formula is C27H25F6NO3S. The van der Waals surface area contributed by atoms with Crippen molar-refractivity contribution in [3.8, 4) is 16.3 Å². The monoisotopic (exact) mass is 557 g/mol. The van der Waals surface area contributed by atoms with E-state index < -0.39 is 35.6 Å². The Morgan fingerprint density at radius 1 is 0.842 bits per heavy atom. The van der Waals surface area contributed by atoms with Gasteiger partial charge in [-0.1, -0.05) is 52.0 Å². The lowest BCUT2D eigenvalue weighted by atomic mass is 10.0. The van der Waals surface area contributed by atoms with Crippen molar-refractivity contribution in [3.63, 3.8) is 0 Å². The Morgan fingerprint density at radius 3 is 2.03 bits per heavy atom. The molecule has 4 rings (SSSR count). The molecule has 0 aliphatic rings. The number of carboxylic acids is 1. The zero-order valence-electron chi connectivity index (χ0n) is 20.8. The van der Waals surface area contributed by atoms with Crippen LogP contribution in [-0.4, -0.2) is 16.1 Å². The average molecular weight is 558 g/mol. The highest BCUT2D eigenvalue weighted by atomic mass is 32.1. The van der Waals surface area contributed by atoms with Gasteiger partial charge in [0, 0.05) is 5.56 Å². The Bertz CT molecular complexity index is 1330. The van der Waals surface area contributed by atoms with E-state index in [2.05, 4.69) is 4.98 Å². The van der Waals surface area contributed by atoms with Crippen molar-refractivity contribution in [1.29, 1.82) is 0 Å². The first-order chi connectivity index (χ1) is 17.9. The molecule has 1 atom stereocenters. The Labute approximate surface area is 219 Å². The molecule has 38 heavy (non-hydrogen) atoms. The summed E-state index contributed by atoms with van der Waals surface area (Å²) in [6, 6.07) is 12.8. The molecule has 0 saturated carbocycles. The predicted molar refractivity (Wildman–Crippen MR) is 135 cm³/mol. The van der Waals surface area contributed by atoms with Crippen LogP contribution >= 0.6 is 11.3 Å². The molecule has 11 heteroatoms. The summed E-state index contributed by atoms with van der Waals surface area (Å²) in [5, 5.41) is 9.78. The highest BCUT2D eigenvalue weighted by Gasteiger charge is 2.34. The number of aliphatic carboxylic acids is 1. The van der Waals surface area contributed by atoms with E-state index in [4.69, 9.17) is 4.74 Å². The largest absolute Gasteiger partial charge is 0.478 e. The highest BCUT2D eigenvalue weighted by molar-refractivity contribution is 7.21. The van der Waals surface area contributed by atoms with E-state index in [0.29, 0.717) is 22.3 Å². The Kier molecular flexibility index (Phi) is 10.3. The zero-order chi connectivity index (χ0) is 28.7. The number of nitrogens with zero attached hydrogens (tertiary/aromatic N) is 1. The molecule has 1 N–H and O–H groups in total. The van der Waals surface area contributed by atoms with E-state index in [1.165, 1.54) is 0 Å². The number of carbonyl (C=O) groups is 1. The minimum Gasteiger partial charge on any atom is -0.478 e. The quantitative estimate of drug-likeness (QED) is 0.249. The Morgan fingerprint density at radius 2 is 1.45 bits per heavy atom. The van der Waals surface area contributed by atoms with Crippen molar-refractivity contribution in [2.45, 2.75) is 46.2 Å². The highest BCUT2D eigenvalue weighted by Crippen LogP contribution is 2.41. The van der Waals surface area contributed by atoms with Crippen LogP contribution in [0.4, 0.5) is 26.3 Å². The maximum absolute atomic E-state index is 13.4. The smallest absolute Gasteiger partial charge is 0.416 e. The molecule has 0 aliphatic carbocycles. The fourth-order valence-electron chi connectivity index (χ4n) is 3.23. The Balaban J connectivity index is 0.00000121. The minimum absolute atomic E-state index is 0.130. The van der Waals surface area contributed by atoms with Crippen LogP contribution < -0.4 is 4.74 Å². The first-order valence-corrected chi connectivity index (χ1v) is 12.4. The molecule has 204 valence electrons. The topological polar surface area (TPSA) is 59.4 Å². The molecule has 0 spiro atoms. The van der Waals surface area contributed by atoms with Crippen LogP contribution in [0.2, 0.25) is 0 Å². The van der Waals surface area contributed by atoms with Crippen molar-refractivity contribution in [2.24, 2.45) is 0 Å². The van der Waals surface area contributed by atoms with Crippen LogP contribution in [0.3, 0.4) is 0 Å². The number of hydrogen-bond acceptors (Lipinski definition) is 4. The SMILES string of the molecule is CC.CC.O=C(O)C(Oc1ccc(C(F)(F)F)cc1-c1nc2ccccc2s1)c1cccc(C(F)(F)F)c1. The second kappa shape index (κ2) is 12.8. The maximum atomic E-state index is 13.4. The summed E-state index contributed by atoms with van der Waals surface area (Å²) in [5.74, 6) is -1.88. The molecule has 0 aliphatic heterocycles. The molecule has 1 aromatic heterocycles. The summed E-state index contributed by atoms with van der Waals surface area (Å²) in [7, 11) is 0. The van der Waals surface area contributed by atoms with Crippen LogP contribution in [0, 0.1) is 0 Å². The van der Waals surface area contributed by atoms with E-state index in [9.17, 15) is 36.2 Å².